The predicted molar refractivity (Wildman–Crippen MR) is 63.6 cm³/mol. The van der Waals surface area contributed by atoms with Gasteiger partial charge in [0.2, 0.25) is 0 Å². The minimum absolute atomic E-state index is 0.369. The molecule has 2 aromatic rings. The Morgan fingerprint density at radius 3 is 2.50 bits per heavy atom. The third kappa shape index (κ3) is 1.91. The molecule has 0 bridgehead atoms. The molecule has 0 atom stereocenters. The van der Waals surface area contributed by atoms with E-state index in [1.807, 2.05) is 24.3 Å². The Hall–Kier alpha value is -1.83. The van der Waals surface area contributed by atoms with E-state index in [-0.39, 0.29) is 0 Å². The minimum atomic E-state index is 0.369. The fourth-order valence-corrected chi connectivity index (χ4v) is 1.79. The highest BCUT2D eigenvalue weighted by Crippen LogP contribution is 2.29. The van der Waals surface area contributed by atoms with Crippen molar-refractivity contribution in [3.63, 3.8) is 0 Å². The van der Waals surface area contributed by atoms with Gasteiger partial charge in [0.25, 0.3) is 0 Å². The van der Waals surface area contributed by atoms with Gasteiger partial charge in [-0.15, -0.1) is 0 Å². The Morgan fingerprint density at radius 2 is 1.88 bits per heavy atom. The van der Waals surface area contributed by atoms with Gasteiger partial charge in [-0.3, -0.25) is 4.79 Å². The van der Waals surface area contributed by atoms with Gasteiger partial charge in [0.05, 0.1) is 0 Å². The highest BCUT2D eigenvalue weighted by molar-refractivity contribution is 5.73. The first-order chi connectivity index (χ1) is 7.72. The second kappa shape index (κ2) is 4.35. The number of benzene rings is 1. The van der Waals surface area contributed by atoms with Gasteiger partial charge in [0.15, 0.2) is 12.0 Å². The number of rotatable bonds is 3. The summed E-state index contributed by atoms with van der Waals surface area (Å²) in [5.74, 6) is 1.56. The van der Waals surface area contributed by atoms with E-state index in [1.165, 1.54) is 5.56 Å². The molecular formula is C14H14O2. The van der Waals surface area contributed by atoms with Crippen molar-refractivity contribution < 1.29 is 9.21 Å². The lowest BCUT2D eigenvalue weighted by Crippen LogP contribution is -1.90. The maximum atomic E-state index is 10.6. The lowest BCUT2D eigenvalue weighted by atomic mass is 9.96. The molecule has 16 heavy (non-hydrogen) atoms. The van der Waals surface area contributed by atoms with Crippen LogP contribution < -0.4 is 0 Å². The highest BCUT2D eigenvalue weighted by atomic mass is 16.3. The molecule has 2 nitrogen and oxygen atoms in total. The van der Waals surface area contributed by atoms with Gasteiger partial charge in [0, 0.05) is 5.56 Å². The standard InChI is InChI=1S/C14H14O2/c1-10(2)12-5-3-4-6-13(12)14-8-7-11(9-15)16-14/h3-10H,1-2H3. The topological polar surface area (TPSA) is 30.2 Å². The number of aldehydes is 1. The van der Waals surface area contributed by atoms with Crippen LogP contribution in [0.15, 0.2) is 40.8 Å². The van der Waals surface area contributed by atoms with E-state index in [1.54, 1.807) is 6.07 Å². The first-order valence-electron chi connectivity index (χ1n) is 5.36. The van der Waals surface area contributed by atoms with Gasteiger partial charge in [-0.05, 0) is 23.6 Å². The first kappa shape index (κ1) is 10.7. The van der Waals surface area contributed by atoms with Crippen LogP contribution in [0.4, 0.5) is 0 Å². The second-order valence-corrected chi connectivity index (χ2v) is 4.06. The van der Waals surface area contributed by atoms with Crippen LogP contribution in [0.25, 0.3) is 11.3 Å². The molecule has 0 fully saturated rings. The summed E-state index contributed by atoms with van der Waals surface area (Å²) in [7, 11) is 0. The van der Waals surface area contributed by atoms with Crippen LogP contribution in [0.2, 0.25) is 0 Å². The Balaban J connectivity index is 2.50. The van der Waals surface area contributed by atoms with Crippen LogP contribution in [-0.2, 0) is 0 Å². The fraction of sp³-hybridized carbons (Fsp3) is 0.214. The van der Waals surface area contributed by atoms with E-state index >= 15 is 0 Å². The van der Waals surface area contributed by atoms with Gasteiger partial charge in [-0.25, -0.2) is 0 Å². The van der Waals surface area contributed by atoms with Gasteiger partial charge in [-0.2, -0.15) is 0 Å². The smallest absolute Gasteiger partial charge is 0.185 e. The first-order valence-corrected chi connectivity index (χ1v) is 5.36. The van der Waals surface area contributed by atoms with E-state index in [0.717, 1.165) is 17.6 Å². The quantitative estimate of drug-likeness (QED) is 0.726. The molecule has 0 N–H and O–H groups in total. The van der Waals surface area contributed by atoms with Crippen molar-refractivity contribution in [2.75, 3.05) is 0 Å². The number of hydrogen-bond acceptors (Lipinski definition) is 2. The number of furan rings is 1. The lowest BCUT2D eigenvalue weighted by Gasteiger charge is -2.10. The molecule has 0 unspecified atom stereocenters. The van der Waals surface area contributed by atoms with Crippen molar-refractivity contribution in [2.45, 2.75) is 19.8 Å². The predicted octanol–water partition coefficient (Wildman–Crippen LogP) is 3.88. The Morgan fingerprint density at radius 1 is 1.12 bits per heavy atom. The summed E-state index contributed by atoms with van der Waals surface area (Å²) >= 11 is 0. The molecule has 0 amide bonds. The van der Waals surface area contributed by atoms with Crippen LogP contribution in [0, 0.1) is 0 Å². The SMILES string of the molecule is CC(C)c1ccccc1-c1ccc(C=O)o1. The summed E-state index contributed by atoms with van der Waals surface area (Å²) in [6, 6.07) is 11.6. The van der Waals surface area contributed by atoms with Gasteiger partial charge in [-0.1, -0.05) is 38.1 Å². The average molecular weight is 214 g/mol. The largest absolute Gasteiger partial charge is 0.453 e. The molecule has 82 valence electrons. The molecule has 1 heterocycles. The monoisotopic (exact) mass is 214 g/mol. The molecule has 0 saturated carbocycles. The zero-order chi connectivity index (χ0) is 11.5. The molecule has 1 aromatic heterocycles. The van der Waals surface area contributed by atoms with E-state index in [0.29, 0.717) is 11.7 Å². The molecule has 2 rings (SSSR count). The van der Waals surface area contributed by atoms with Gasteiger partial charge in [0.1, 0.15) is 5.76 Å². The van der Waals surface area contributed by atoms with Crippen molar-refractivity contribution >= 4 is 6.29 Å². The summed E-state index contributed by atoms with van der Waals surface area (Å²) in [6.07, 6.45) is 0.724. The van der Waals surface area contributed by atoms with Crippen LogP contribution in [0.5, 0.6) is 0 Å². The number of carbonyl (C=O) groups is 1. The van der Waals surface area contributed by atoms with Crippen LogP contribution in [-0.4, -0.2) is 6.29 Å². The molecule has 0 spiro atoms. The minimum Gasteiger partial charge on any atom is -0.453 e. The molecule has 0 aliphatic heterocycles. The molecule has 1 aromatic carbocycles. The summed E-state index contributed by atoms with van der Waals surface area (Å²) in [5.41, 5.74) is 2.29. The van der Waals surface area contributed by atoms with Crippen molar-refractivity contribution in [1.29, 1.82) is 0 Å². The molecule has 0 aliphatic carbocycles. The van der Waals surface area contributed by atoms with Crippen molar-refractivity contribution in [3.05, 3.63) is 47.7 Å². The Kier molecular flexibility index (Phi) is 2.91. The third-order valence-corrected chi connectivity index (χ3v) is 2.59. The zero-order valence-electron chi connectivity index (χ0n) is 9.44. The summed E-state index contributed by atoms with van der Waals surface area (Å²) in [4.78, 5) is 10.6. The maximum absolute atomic E-state index is 10.6. The van der Waals surface area contributed by atoms with Crippen LogP contribution >= 0.6 is 0 Å². The van der Waals surface area contributed by atoms with Crippen molar-refractivity contribution in [1.82, 2.24) is 0 Å². The summed E-state index contributed by atoms with van der Waals surface area (Å²) < 4.78 is 5.44. The normalized spacial score (nSPS) is 10.7. The maximum Gasteiger partial charge on any atom is 0.185 e. The zero-order valence-corrected chi connectivity index (χ0v) is 9.44. The van der Waals surface area contributed by atoms with Crippen molar-refractivity contribution in [2.24, 2.45) is 0 Å². The molecule has 2 heteroatoms. The van der Waals surface area contributed by atoms with Crippen LogP contribution in [0.1, 0.15) is 35.9 Å². The lowest BCUT2D eigenvalue weighted by molar-refractivity contribution is 0.110. The second-order valence-electron chi connectivity index (χ2n) is 4.06. The average Bonchev–Trinajstić information content (AvgIpc) is 2.77. The fourth-order valence-electron chi connectivity index (χ4n) is 1.79. The molecule has 0 aliphatic rings. The van der Waals surface area contributed by atoms with Crippen molar-refractivity contribution in [3.8, 4) is 11.3 Å². The van der Waals surface area contributed by atoms with E-state index in [9.17, 15) is 4.79 Å². The van der Waals surface area contributed by atoms with E-state index in [2.05, 4.69) is 19.9 Å². The number of hydrogen-bond donors (Lipinski definition) is 0. The highest BCUT2D eigenvalue weighted by Gasteiger charge is 2.10. The third-order valence-electron chi connectivity index (χ3n) is 2.59. The van der Waals surface area contributed by atoms with E-state index in [4.69, 9.17) is 4.42 Å². The Bertz CT molecular complexity index is 495. The van der Waals surface area contributed by atoms with Gasteiger partial charge < -0.3 is 4.42 Å². The molecular weight excluding hydrogens is 200 g/mol. The molecule has 0 saturated heterocycles. The molecule has 0 radical (unpaired) electrons. The summed E-state index contributed by atoms with van der Waals surface area (Å²) in [5, 5.41) is 0. The Labute approximate surface area is 94.9 Å². The van der Waals surface area contributed by atoms with E-state index < -0.39 is 0 Å². The number of carbonyl (C=O) groups excluding carboxylic acids is 1. The van der Waals surface area contributed by atoms with Crippen LogP contribution in [0.3, 0.4) is 0 Å². The van der Waals surface area contributed by atoms with Gasteiger partial charge >= 0.3 is 0 Å². The summed E-state index contributed by atoms with van der Waals surface area (Å²) in [6.45, 7) is 4.28.